The molecule has 7 nitrogen and oxygen atoms in total. The number of benzene rings is 1. The van der Waals surface area contributed by atoms with Gasteiger partial charge in [-0.3, -0.25) is 9.59 Å². The average molecular weight is 457 g/mol. The first-order valence-electron chi connectivity index (χ1n) is 9.45. The van der Waals surface area contributed by atoms with E-state index in [9.17, 15) is 9.59 Å². The van der Waals surface area contributed by atoms with E-state index in [1.165, 1.54) is 0 Å². The van der Waals surface area contributed by atoms with Gasteiger partial charge in [0.25, 0.3) is 5.91 Å². The molecule has 3 heterocycles. The van der Waals surface area contributed by atoms with Crippen LogP contribution >= 0.6 is 23.2 Å². The minimum Gasteiger partial charge on any atom is -0.467 e. The highest BCUT2D eigenvalue weighted by Crippen LogP contribution is 2.27. The molecule has 0 saturated heterocycles. The van der Waals surface area contributed by atoms with Crippen molar-refractivity contribution in [2.45, 2.75) is 19.9 Å². The first kappa shape index (κ1) is 21.0. The topological polar surface area (TPSA) is 88.6 Å². The summed E-state index contributed by atoms with van der Waals surface area (Å²) < 4.78 is 7.01. The van der Waals surface area contributed by atoms with Gasteiger partial charge in [0.05, 0.1) is 51.9 Å². The predicted octanol–water partition coefficient (Wildman–Crippen LogP) is 4.65. The van der Waals surface area contributed by atoms with Gasteiger partial charge in [0.2, 0.25) is 5.91 Å². The van der Waals surface area contributed by atoms with E-state index >= 15 is 0 Å². The van der Waals surface area contributed by atoms with Crippen LogP contribution in [0.1, 0.15) is 27.5 Å². The molecule has 2 amide bonds. The van der Waals surface area contributed by atoms with E-state index in [4.69, 9.17) is 27.6 Å². The summed E-state index contributed by atoms with van der Waals surface area (Å²) in [6.45, 7) is 2.13. The molecule has 0 bridgehead atoms. The fourth-order valence-corrected chi connectivity index (χ4v) is 3.82. The van der Waals surface area contributed by atoms with Crippen LogP contribution in [0.5, 0.6) is 0 Å². The summed E-state index contributed by atoms with van der Waals surface area (Å²) in [5.74, 6) is 0.0622. The maximum atomic E-state index is 12.8. The Balaban J connectivity index is 1.57. The van der Waals surface area contributed by atoms with Gasteiger partial charge in [0, 0.05) is 6.20 Å². The van der Waals surface area contributed by atoms with Gasteiger partial charge in [0.15, 0.2) is 5.65 Å². The number of fused-ring (bicyclic) bond motifs is 1. The molecule has 9 heteroatoms. The van der Waals surface area contributed by atoms with Gasteiger partial charge in [-0.15, -0.1) is 0 Å². The Morgan fingerprint density at radius 3 is 2.58 bits per heavy atom. The SMILES string of the molecule is Cc1nc2c(NC(=O)c3c(Cl)cccc3Cl)cccn2c1CC(=O)NCc1ccco1. The first-order chi connectivity index (χ1) is 14.9. The quantitative estimate of drug-likeness (QED) is 0.441. The Morgan fingerprint density at radius 2 is 1.87 bits per heavy atom. The number of anilines is 1. The van der Waals surface area contributed by atoms with Crippen molar-refractivity contribution >= 4 is 46.4 Å². The van der Waals surface area contributed by atoms with Gasteiger partial charge in [-0.2, -0.15) is 0 Å². The fraction of sp³-hybridized carbons (Fsp3) is 0.136. The molecule has 4 aromatic rings. The summed E-state index contributed by atoms with van der Waals surface area (Å²) >= 11 is 12.3. The Bertz CT molecular complexity index is 1250. The molecule has 0 aliphatic rings. The number of nitrogens with zero attached hydrogens (tertiary/aromatic N) is 2. The molecule has 158 valence electrons. The minimum atomic E-state index is -0.443. The number of aryl methyl sites for hydroxylation is 1. The largest absolute Gasteiger partial charge is 0.467 e. The molecule has 0 radical (unpaired) electrons. The number of nitrogens with one attached hydrogen (secondary N) is 2. The van der Waals surface area contributed by atoms with E-state index in [0.717, 1.165) is 5.69 Å². The molecular formula is C22H18Cl2N4O3. The third-order valence-corrected chi connectivity index (χ3v) is 5.39. The summed E-state index contributed by atoms with van der Waals surface area (Å²) in [6, 6.07) is 11.9. The number of carbonyl (C=O) groups is 2. The number of aromatic nitrogens is 2. The Kier molecular flexibility index (Phi) is 5.97. The summed E-state index contributed by atoms with van der Waals surface area (Å²) in [4.78, 5) is 29.8. The predicted molar refractivity (Wildman–Crippen MR) is 119 cm³/mol. The molecule has 0 unspecified atom stereocenters. The molecule has 0 fully saturated rings. The molecule has 31 heavy (non-hydrogen) atoms. The highest BCUT2D eigenvalue weighted by molar-refractivity contribution is 6.40. The standard InChI is InChI=1S/C22H18Cl2N4O3/c1-13-18(11-19(29)25-12-14-5-4-10-31-14)28-9-3-8-17(21(28)26-13)27-22(30)20-15(23)6-2-7-16(20)24/h2-10H,11-12H2,1H3,(H,25,29)(H,27,30). The van der Waals surface area contributed by atoms with Crippen LogP contribution in [-0.4, -0.2) is 21.2 Å². The number of hydrogen-bond acceptors (Lipinski definition) is 4. The summed E-state index contributed by atoms with van der Waals surface area (Å²) in [6.07, 6.45) is 3.48. The van der Waals surface area contributed by atoms with Crippen LogP contribution in [0, 0.1) is 6.92 Å². The molecular weight excluding hydrogens is 439 g/mol. The van der Waals surface area contributed by atoms with Crippen LogP contribution in [-0.2, 0) is 17.8 Å². The number of rotatable bonds is 6. The highest BCUT2D eigenvalue weighted by Gasteiger charge is 2.19. The second-order valence-electron chi connectivity index (χ2n) is 6.84. The zero-order valence-electron chi connectivity index (χ0n) is 16.5. The number of carbonyl (C=O) groups excluding carboxylic acids is 2. The number of amides is 2. The van der Waals surface area contributed by atoms with Crippen LogP contribution in [0.2, 0.25) is 10.0 Å². The molecule has 4 rings (SSSR count). The number of furan rings is 1. The van der Waals surface area contributed by atoms with E-state index < -0.39 is 5.91 Å². The van der Waals surface area contributed by atoms with Gasteiger partial charge < -0.3 is 19.5 Å². The Morgan fingerprint density at radius 1 is 1.10 bits per heavy atom. The molecule has 0 aliphatic heterocycles. The molecule has 0 aliphatic carbocycles. The normalized spacial score (nSPS) is 10.9. The molecule has 1 aromatic carbocycles. The van der Waals surface area contributed by atoms with E-state index in [-0.39, 0.29) is 27.9 Å². The van der Waals surface area contributed by atoms with Gasteiger partial charge >= 0.3 is 0 Å². The smallest absolute Gasteiger partial charge is 0.258 e. The molecule has 0 spiro atoms. The number of pyridine rings is 1. The molecule has 0 saturated carbocycles. The van der Waals surface area contributed by atoms with Gasteiger partial charge in [-0.1, -0.05) is 29.3 Å². The third kappa shape index (κ3) is 4.42. The van der Waals surface area contributed by atoms with E-state index in [1.807, 2.05) is 6.92 Å². The van der Waals surface area contributed by atoms with Crippen molar-refractivity contribution in [2.75, 3.05) is 5.32 Å². The van der Waals surface area contributed by atoms with Crippen LogP contribution < -0.4 is 10.6 Å². The van der Waals surface area contributed by atoms with E-state index in [0.29, 0.717) is 29.3 Å². The zero-order chi connectivity index (χ0) is 22.0. The second kappa shape index (κ2) is 8.83. The summed E-state index contributed by atoms with van der Waals surface area (Å²) in [5.41, 5.74) is 2.59. The molecule has 3 aromatic heterocycles. The lowest BCUT2D eigenvalue weighted by Gasteiger charge is -2.10. The highest BCUT2D eigenvalue weighted by atomic mass is 35.5. The summed E-state index contributed by atoms with van der Waals surface area (Å²) in [7, 11) is 0. The molecule has 2 N–H and O–H groups in total. The van der Waals surface area contributed by atoms with E-state index in [1.54, 1.807) is 59.3 Å². The van der Waals surface area contributed by atoms with Crippen molar-refractivity contribution in [1.82, 2.24) is 14.7 Å². The minimum absolute atomic E-state index is 0.126. The van der Waals surface area contributed by atoms with Gasteiger partial charge in [0.1, 0.15) is 5.76 Å². The number of imidazole rings is 1. The van der Waals surface area contributed by atoms with Crippen molar-refractivity contribution in [1.29, 1.82) is 0 Å². The fourth-order valence-electron chi connectivity index (χ4n) is 3.25. The summed E-state index contributed by atoms with van der Waals surface area (Å²) in [5, 5.41) is 6.15. The van der Waals surface area contributed by atoms with Gasteiger partial charge in [-0.05, 0) is 43.3 Å². The third-order valence-electron chi connectivity index (χ3n) is 4.76. The Labute approximate surface area is 188 Å². The van der Waals surface area contributed by atoms with Crippen molar-refractivity contribution < 1.29 is 14.0 Å². The van der Waals surface area contributed by atoms with Gasteiger partial charge in [-0.25, -0.2) is 4.98 Å². The zero-order valence-corrected chi connectivity index (χ0v) is 18.0. The van der Waals surface area contributed by atoms with Crippen molar-refractivity contribution in [3.05, 3.63) is 87.7 Å². The van der Waals surface area contributed by atoms with Crippen molar-refractivity contribution in [2.24, 2.45) is 0 Å². The maximum Gasteiger partial charge on any atom is 0.258 e. The van der Waals surface area contributed by atoms with Crippen LogP contribution in [0.15, 0.2) is 59.3 Å². The van der Waals surface area contributed by atoms with Crippen LogP contribution in [0.3, 0.4) is 0 Å². The van der Waals surface area contributed by atoms with E-state index in [2.05, 4.69) is 15.6 Å². The number of halogens is 2. The Hall–Kier alpha value is -3.29. The molecule has 0 atom stereocenters. The first-order valence-corrected chi connectivity index (χ1v) is 10.2. The monoisotopic (exact) mass is 456 g/mol. The van der Waals surface area contributed by atoms with Crippen LogP contribution in [0.4, 0.5) is 5.69 Å². The maximum absolute atomic E-state index is 12.8. The second-order valence-corrected chi connectivity index (χ2v) is 7.66. The number of hydrogen-bond donors (Lipinski definition) is 2. The van der Waals surface area contributed by atoms with Crippen LogP contribution in [0.25, 0.3) is 5.65 Å². The lowest BCUT2D eigenvalue weighted by atomic mass is 10.2. The lowest BCUT2D eigenvalue weighted by molar-refractivity contribution is -0.120. The van der Waals surface area contributed by atoms with Crippen molar-refractivity contribution in [3.63, 3.8) is 0 Å². The van der Waals surface area contributed by atoms with Crippen molar-refractivity contribution in [3.8, 4) is 0 Å². The lowest BCUT2D eigenvalue weighted by Crippen LogP contribution is -2.25. The average Bonchev–Trinajstić information content (AvgIpc) is 3.35.